The van der Waals surface area contributed by atoms with Crippen molar-refractivity contribution in [1.82, 2.24) is 0 Å². The second-order valence-corrected chi connectivity index (χ2v) is 0.577. The third-order valence-electron chi connectivity index (χ3n) is 0. The molecule has 27 valence electrons. The molecule has 0 aliphatic heterocycles. The Morgan fingerprint density at radius 2 is 1.25 bits per heavy atom. The van der Waals surface area contributed by atoms with Gasteiger partial charge in [-0.15, -0.1) is 12.4 Å². The molecule has 0 bridgehead atoms. The Hall–Kier alpha value is 0.290. The molecule has 1 heteroatoms. The summed E-state index contributed by atoms with van der Waals surface area (Å²) in [4.78, 5) is 0. The van der Waals surface area contributed by atoms with Gasteiger partial charge in [-0.05, 0) is 6.42 Å². The van der Waals surface area contributed by atoms with Crippen LogP contribution in [0.2, 0.25) is 0 Å². The molecule has 4 heavy (non-hydrogen) atoms. The minimum absolute atomic E-state index is 0. The van der Waals surface area contributed by atoms with Crippen molar-refractivity contribution in [3.05, 3.63) is 6.42 Å². The second kappa shape index (κ2) is 10.4. The fraction of sp³-hybridized carbons (Fsp3) is 0.667. The molecule has 0 rings (SSSR count). The molecule has 0 spiro atoms. The van der Waals surface area contributed by atoms with Crippen molar-refractivity contribution in [2.45, 2.75) is 13.8 Å². The van der Waals surface area contributed by atoms with Crippen molar-refractivity contribution in [3.8, 4) is 0 Å². The second-order valence-electron chi connectivity index (χ2n) is 0.577. The summed E-state index contributed by atoms with van der Waals surface area (Å²) in [6, 6.07) is 0. The fourth-order valence-electron chi connectivity index (χ4n) is 0. The Balaban J connectivity index is 0. The van der Waals surface area contributed by atoms with E-state index in [4.69, 9.17) is 0 Å². The Morgan fingerprint density at radius 3 is 1.25 bits per heavy atom. The van der Waals surface area contributed by atoms with Gasteiger partial charge >= 0.3 is 0 Å². The van der Waals surface area contributed by atoms with Crippen LogP contribution in [0.3, 0.4) is 0 Å². The van der Waals surface area contributed by atoms with Gasteiger partial charge in [-0.25, -0.2) is 0 Å². The molecule has 0 N–H and O–H groups in total. The quantitative estimate of drug-likeness (QED) is 0.414. The maximum absolute atomic E-state index is 2.00. The Kier molecular flexibility index (Phi) is 23.0. The van der Waals surface area contributed by atoms with Crippen molar-refractivity contribution >= 4 is 12.4 Å². The smallest absolute Gasteiger partial charge is 0.0448 e. The van der Waals surface area contributed by atoms with Gasteiger partial charge in [-0.1, -0.05) is 13.8 Å². The molecule has 0 nitrogen and oxygen atoms in total. The predicted octanol–water partition coefficient (Wildman–Crippen LogP) is 1.65. The number of rotatable bonds is 0. The van der Waals surface area contributed by atoms with E-state index in [-0.39, 0.29) is 12.4 Å². The van der Waals surface area contributed by atoms with E-state index < -0.39 is 0 Å². The summed E-state index contributed by atoms with van der Waals surface area (Å²) < 4.78 is 0. The van der Waals surface area contributed by atoms with E-state index in [1.54, 1.807) is 0 Å². The maximum atomic E-state index is 2.00. The first kappa shape index (κ1) is 8.85. The molecule has 0 aliphatic carbocycles. The van der Waals surface area contributed by atoms with Crippen LogP contribution in [0.15, 0.2) is 0 Å². The van der Waals surface area contributed by atoms with Gasteiger partial charge < -0.3 is 0 Å². The molecule has 0 aromatic carbocycles. The molecule has 0 fully saturated rings. The van der Waals surface area contributed by atoms with Crippen LogP contribution >= 0.6 is 12.4 Å². The summed E-state index contributed by atoms with van der Waals surface area (Å²) in [5, 5.41) is 0. The molecular formula is C3H8Cl. The summed E-state index contributed by atoms with van der Waals surface area (Å²) in [7, 11) is 0. The van der Waals surface area contributed by atoms with E-state index in [9.17, 15) is 0 Å². The minimum atomic E-state index is 0. The van der Waals surface area contributed by atoms with Crippen LogP contribution in [-0.4, -0.2) is 0 Å². The minimum Gasteiger partial charge on any atom is -0.147 e. The van der Waals surface area contributed by atoms with E-state index in [0.717, 1.165) is 0 Å². The zero-order chi connectivity index (χ0) is 2.71. The molecule has 0 atom stereocenters. The lowest BCUT2D eigenvalue weighted by Gasteiger charge is -1.47. The lowest BCUT2D eigenvalue weighted by molar-refractivity contribution is 1.41. The monoisotopic (exact) mass is 79.0 g/mol. The van der Waals surface area contributed by atoms with Crippen LogP contribution in [0.25, 0.3) is 0 Å². The van der Waals surface area contributed by atoms with E-state index in [0.29, 0.717) is 0 Å². The molecule has 0 heterocycles. The zero-order valence-corrected chi connectivity index (χ0v) is 3.80. The van der Waals surface area contributed by atoms with Gasteiger partial charge in [0.1, 0.15) is 0 Å². The van der Waals surface area contributed by atoms with Crippen molar-refractivity contribution in [2.24, 2.45) is 0 Å². The lowest BCUT2D eigenvalue weighted by atomic mass is 10.6. The van der Waals surface area contributed by atoms with E-state index in [2.05, 4.69) is 0 Å². The zero-order valence-electron chi connectivity index (χ0n) is 2.99. The highest BCUT2D eigenvalue weighted by Gasteiger charge is 1.36. The first-order chi connectivity index (χ1) is 1.41. The molecule has 0 aromatic rings. The first-order valence-corrected chi connectivity index (χ1v) is 1.15. The maximum Gasteiger partial charge on any atom is -0.0448 e. The van der Waals surface area contributed by atoms with E-state index in [1.165, 1.54) is 0 Å². The van der Waals surface area contributed by atoms with Crippen LogP contribution in [0.1, 0.15) is 13.8 Å². The number of hydrogen-bond acceptors (Lipinski definition) is 0. The lowest BCUT2D eigenvalue weighted by Crippen LogP contribution is -1.30. The molecule has 0 saturated carbocycles. The number of hydrogen-bond donors (Lipinski definition) is 0. The van der Waals surface area contributed by atoms with Gasteiger partial charge in [0.05, 0.1) is 0 Å². The summed E-state index contributed by atoms with van der Waals surface area (Å²) in [6.45, 7) is 4.00. The van der Waals surface area contributed by atoms with Gasteiger partial charge in [0.2, 0.25) is 0 Å². The van der Waals surface area contributed by atoms with E-state index >= 15 is 0 Å². The highest BCUT2D eigenvalue weighted by molar-refractivity contribution is 5.85. The van der Waals surface area contributed by atoms with Gasteiger partial charge in [0.15, 0.2) is 0 Å². The molecular weight excluding hydrogens is 71.5 g/mol. The molecule has 0 unspecified atom stereocenters. The van der Waals surface area contributed by atoms with Crippen LogP contribution in [0.5, 0.6) is 0 Å². The summed E-state index contributed by atoms with van der Waals surface area (Å²) in [5.74, 6) is 0. The Morgan fingerprint density at radius 1 is 1.25 bits per heavy atom. The molecule has 1 radical (unpaired) electrons. The number of halogens is 1. The fourth-order valence-corrected chi connectivity index (χ4v) is 0. The average Bonchev–Trinajstić information content (AvgIpc) is 0.918. The van der Waals surface area contributed by atoms with Crippen LogP contribution in [0.4, 0.5) is 0 Å². The third-order valence-corrected chi connectivity index (χ3v) is 0. The van der Waals surface area contributed by atoms with Gasteiger partial charge in [-0.2, -0.15) is 0 Å². The van der Waals surface area contributed by atoms with Crippen molar-refractivity contribution in [1.29, 1.82) is 0 Å². The molecule has 0 saturated heterocycles. The van der Waals surface area contributed by atoms with Gasteiger partial charge in [0.25, 0.3) is 0 Å². The largest absolute Gasteiger partial charge is 0.147 e. The summed E-state index contributed by atoms with van der Waals surface area (Å²) in [5.41, 5.74) is 0. The third kappa shape index (κ3) is 45.3. The Labute approximate surface area is 33.6 Å². The van der Waals surface area contributed by atoms with Crippen LogP contribution < -0.4 is 0 Å². The van der Waals surface area contributed by atoms with Crippen LogP contribution in [-0.2, 0) is 0 Å². The Bertz CT molecular complexity index is 3.25. The predicted molar refractivity (Wildman–Crippen MR) is 22.9 cm³/mol. The summed E-state index contributed by atoms with van der Waals surface area (Å²) >= 11 is 0. The van der Waals surface area contributed by atoms with E-state index in [1.807, 2.05) is 20.3 Å². The highest BCUT2D eigenvalue weighted by Crippen LogP contribution is 1.53. The first-order valence-electron chi connectivity index (χ1n) is 1.15. The van der Waals surface area contributed by atoms with Crippen LogP contribution in [0, 0.1) is 6.42 Å². The topological polar surface area (TPSA) is 0 Å². The summed E-state index contributed by atoms with van der Waals surface area (Å²) in [6.07, 6.45) is 2.00. The standard InChI is InChI=1S/C3H7.ClH/c1-3-2;/h3H,1-2H3;1H. The van der Waals surface area contributed by atoms with Crippen molar-refractivity contribution in [2.75, 3.05) is 0 Å². The SMILES string of the molecule is C[CH]C.Cl. The van der Waals surface area contributed by atoms with Crippen molar-refractivity contribution < 1.29 is 0 Å². The van der Waals surface area contributed by atoms with Crippen molar-refractivity contribution in [3.63, 3.8) is 0 Å². The molecule has 0 aromatic heterocycles. The molecule has 0 aliphatic rings. The highest BCUT2D eigenvalue weighted by atomic mass is 35.5. The van der Waals surface area contributed by atoms with Gasteiger partial charge in [0, 0.05) is 0 Å². The molecule has 0 amide bonds. The van der Waals surface area contributed by atoms with Gasteiger partial charge in [-0.3, -0.25) is 0 Å². The average molecular weight is 79.5 g/mol. The normalized spacial score (nSPS) is 4.50.